The van der Waals surface area contributed by atoms with Crippen LogP contribution < -0.4 is 4.90 Å². The molecule has 1 N–H and O–H groups in total. The zero-order chi connectivity index (χ0) is 15.2. The minimum absolute atomic E-state index is 0.400. The third-order valence-electron chi connectivity index (χ3n) is 4.09. The summed E-state index contributed by atoms with van der Waals surface area (Å²) in [6.07, 6.45) is 1.96. The number of likely N-dealkylation sites (tertiary alicyclic amines) is 1. The maximum Gasteiger partial charge on any atom is 0.0900 e. The first kappa shape index (κ1) is 16.3. The van der Waals surface area contributed by atoms with Crippen LogP contribution in [0.15, 0.2) is 24.3 Å². The largest absolute Gasteiger partial charge is 0.389 e. The summed E-state index contributed by atoms with van der Waals surface area (Å²) < 4.78 is 5.31. The molecule has 118 valence electrons. The molecule has 1 aromatic rings. The van der Waals surface area contributed by atoms with Gasteiger partial charge in [0, 0.05) is 39.0 Å². The monoisotopic (exact) mass is 292 g/mol. The van der Waals surface area contributed by atoms with Crippen molar-refractivity contribution < 1.29 is 9.84 Å². The lowest BCUT2D eigenvalue weighted by atomic mass is 10.0. The minimum Gasteiger partial charge on any atom is -0.389 e. The Morgan fingerprint density at radius 3 is 2.95 bits per heavy atom. The Hall–Kier alpha value is -1.10. The van der Waals surface area contributed by atoms with E-state index < -0.39 is 6.10 Å². The van der Waals surface area contributed by atoms with Crippen molar-refractivity contribution in [2.24, 2.45) is 0 Å². The number of β-amino-alcohol motifs (C(OH)–C–C–N with tert-alkyl or cyclic N) is 1. The van der Waals surface area contributed by atoms with Crippen LogP contribution in [0.5, 0.6) is 0 Å². The van der Waals surface area contributed by atoms with Crippen LogP contribution in [0.3, 0.4) is 0 Å². The van der Waals surface area contributed by atoms with Gasteiger partial charge in [0.1, 0.15) is 0 Å². The van der Waals surface area contributed by atoms with Crippen LogP contribution >= 0.6 is 0 Å². The third kappa shape index (κ3) is 4.43. The van der Waals surface area contributed by atoms with Crippen molar-refractivity contribution in [1.29, 1.82) is 0 Å². The fraction of sp³-hybridized carbons (Fsp3) is 0.647. The van der Waals surface area contributed by atoms with Crippen molar-refractivity contribution in [2.45, 2.75) is 31.9 Å². The lowest BCUT2D eigenvalue weighted by Gasteiger charge is -2.27. The second kappa shape index (κ2) is 7.78. The van der Waals surface area contributed by atoms with E-state index in [2.05, 4.69) is 48.2 Å². The Morgan fingerprint density at radius 1 is 1.43 bits per heavy atom. The van der Waals surface area contributed by atoms with E-state index in [9.17, 15) is 5.11 Å². The van der Waals surface area contributed by atoms with Gasteiger partial charge in [-0.05, 0) is 44.0 Å². The summed E-state index contributed by atoms with van der Waals surface area (Å²) in [5.41, 5.74) is 2.58. The highest BCUT2D eigenvalue weighted by atomic mass is 16.5. The first-order valence-corrected chi connectivity index (χ1v) is 7.89. The molecule has 0 aliphatic carbocycles. The van der Waals surface area contributed by atoms with Gasteiger partial charge in [-0.3, -0.25) is 4.90 Å². The summed E-state index contributed by atoms with van der Waals surface area (Å²) in [6.45, 7) is 4.79. The topological polar surface area (TPSA) is 35.9 Å². The predicted octanol–water partition coefficient (Wildman–Crippen LogP) is 2.29. The smallest absolute Gasteiger partial charge is 0.0900 e. The maximum absolute atomic E-state index is 10.1. The van der Waals surface area contributed by atoms with E-state index in [-0.39, 0.29) is 0 Å². The summed E-state index contributed by atoms with van der Waals surface area (Å²) in [6, 6.07) is 9.13. The molecule has 2 rings (SSSR count). The van der Waals surface area contributed by atoms with Gasteiger partial charge in [0.05, 0.1) is 12.7 Å². The van der Waals surface area contributed by atoms with Gasteiger partial charge in [0.15, 0.2) is 0 Å². The Balaban J connectivity index is 2.02. The normalized spacial score (nSPS) is 20.7. The highest BCUT2D eigenvalue weighted by molar-refractivity contribution is 5.48. The van der Waals surface area contributed by atoms with Gasteiger partial charge in [-0.25, -0.2) is 0 Å². The third-order valence-corrected chi connectivity index (χ3v) is 4.09. The zero-order valence-corrected chi connectivity index (χ0v) is 13.5. The molecule has 1 aliphatic rings. The summed E-state index contributed by atoms with van der Waals surface area (Å²) in [5, 5.41) is 10.1. The Morgan fingerprint density at radius 2 is 2.24 bits per heavy atom. The number of anilines is 1. The van der Waals surface area contributed by atoms with E-state index in [0.29, 0.717) is 25.8 Å². The number of hydrogen-bond acceptors (Lipinski definition) is 4. The second-order valence-corrected chi connectivity index (χ2v) is 5.96. The van der Waals surface area contributed by atoms with E-state index in [1.165, 1.54) is 17.7 Å². The van der Waals surface area contributed by atoms with Crippen LogP contribution in [-0.4, -0.2) is 56.5 Å². The van der Waals surface area contributed by atoms with Crippen LogP contribution in [0, 0.1) is 0 Å². The SMILES string of the molecule is CCOC[C@H](O)CN1CCC[C@@H]1c1cccc(N(C)C)c1. The van der Waals surface area contributed by atoms with Gasteiger partial charge >= 0.3 is 0 Å². The molecule has 1 fully saturated rings. The molecular formula is C17H28N2O2. The highest BCUT2D eigenvalue weighted by Crippen LogP contribution is 2.33. The summed E-state index contributed by atoms with van der Waals surface area (Å²) >= 11 is 0. The molecule has 1 heterocycles. The molecule has 21 heavy (non-hydrogen) atoms. The Labute approximate surface area is 128 Å². The molecule has 2 atom stereocenters. The molecule has 1 saturated heterocycles. The summed E-state index contributed by atoms with van der Waals surface area (Å²) in [5.74, 6) is 0. The van der Waals surface area contributed by atoms with Crippen LogP contribution in [0.2, 0.25) is 0 Å². The lowest BCUT2D eigenvalue weighted by molar-refractivity contribution is 0.0186. The Bertz CT molecular complexity index is 437. The number of nitrogens with zero attached hydrogens (tertiary/aromatic N) is 2. The van der Waals surface area contributed by atoms with Crippen molar-refractivity contribution in [3.05, 3.63) is 29.8 Å². The molecular weight excluding hydrogens is 264 g/mol. The quantitative estimate of drug-likeness (QED) is 0.836. The molecule has 1 aliphatic heterocycles. The van der Waals surface area contributed by atoms with E-state index in [1.807, 2.05) is 6.92 Å². The lowest BCUT2D eigenvalue weighted by Crippen LogP contribution is -2.34. The first-order valence-electron chi connectivity index (χ1n) is 7.89. The van der Waals surface area contributed by atoms with Crippen LogP contribution in [0.4, 0.5) is 5.69 Å². The number of aliphatic hydroxyl groups excluding tert-OH is 1. The van der Waals surface area contributed by atoms with Gasteiger partial charge in [0.25, 0.3) is 0 Å². The van der Waals surface area contributed by atoms with E-state index in [1.54, 1.807) is 0 Å². The molecule has 1 aromatic carbocycles. The van der Waals surface area contributed by atoms with E-state index in [0.717, 1.165) is 13.0 Å². The minimum atomic E-state index is -0.400. The van der Waals surface area contributed by atoms with E-state index >= 15 is 0 Å². The highest BCUT2D eigenvalue weighted by Gasteiger charge is 2.27. The standard InChI is InChI=1S/C17H28N2O2/c1-4-21-13-16(20)12-19-10-6-9-17(19)14-7-5-8-15(11-14)18(2)3/h5,7-8,11,16-17,20H,4,6,9-10,12-13H2,1-3H3/t16-,17-/m1/s1. The second-order valence-electron chi connectivity index (χ2n) is 5.96. The number of benzene rings is 1. The van der Waals surface area contributed by atoms with Crippen LogP contribution in [0.25, 0.3) is 0 Å². The van der Waals surface area contributed by atoms with Gasteiger partial charge in [-0.15, -0.1) is 0 Å². The molecule has 0 bridgehead atoms. The summed E-state index contributed by atoms with van der Waals surface area (Å²) in [7, 11) is 4.13. The molecule has 0 unspecified atom stereocenters. The molecule has 0 amide bonds. The van der Waals surface area contributed by atoms with Crippen molar-refractivity contribution in [3.63, 3.8) is 0 Å². The van der Waals surface area contributed by atoms with Crippen molar-refractivity contribution in [3.8, 4) is 0 Å². The van der Waals surface area contributed by atoms with Crippen LogP contribution in [-0.2, 0) is 4.74 Å². The maximum atomic E-state index is 10.1. The van der Waals surface area contributed by atoms with Crippen LogP contribution in [0.1, 0.15) is 31.4 Å². The van der Waals surface area contributed by atoms with Gasteiger partial charge in [-0.1, -0.05) is 12.1 Å². The number of hydrogen-bond donors (Lipinski definition) is 1. The summed E-state index contributed by atoms with van der Waals surface area (Å²) in [4.78, 5) is 4.52. The van der Waals surface area contributed by atoms with Crippen molar-refractivity contribution in [1.82, 2.24) is 4.90 Å². The molecule has 4 nitrogen and oxygen atoms in total. The number of rotatable bonds is 7. The Kier molecular flexibility index (Phi) is 6.03. The fourth-order valence-corrected chi connectivity index (χ4v) is 3.01. The van der Waals surface area contributed by atoms with Gasteiger partial charge in [-0.2, -0.15) is 0 Å². The molecule has 0 aromatic heterocycles. The first-order chi connectivity index (χ1) is 10.1. The zero-order valence-electron chi connectivity index (χ0n) is 13.5. The molecule has 0 spiro atoms. The molecule has 4 heteroatoms. The van der Waals surface area contributed by atoms with Gasteiger partial charge < -0.3 is 14.7 Å². The molecule has 0 saturated carbocycles. The number of ether oxygens (including phenoxy) is 1. The molecule has 0 radical (unpaired) electrons. The van der Waals surface area contributed by atoms with Crippen molar-refractivity contribution >= 4 is 5.69 Å². The van der Waals surface area contributed by atoms with Gasteiger partial charge in [0.2, 0.25) is 0 Å². The number of aliphatic hydroxyl groups is 1. The average Bonchev–Trinajstić information content (AvgIpc) is 2.93. The van der Waals surface area contributed by atoms with Crippen molar-refractivity contribution in [2.75, 3.05) is 45.3 Å². The average molecular weight is 292 g/mol. The predicted molar refractivity (Wildman–Crippen MR) is 86.8 cm³/mol. The van der Waals surface area contributed by atoms with E-state index in [4.69, 9.17) is 4.74 Å². The fourth-order valence-electron chi connectivity index (χ4n) is 3.01.